The Labute approximate surface area is 101 Å². The molecule has 1 saturated carbocycles. The van der Waals surface area contributed by atoms with Crippen LogP contribution in [0.4, 0.5) is 4.79 Å². The van der Waals surface area contributed by atoms with Gasteiger partial charge in [0.2, 0.25) is 0 Å². The second-order valence-corrected chi connectivity index (χ2v) is 5.49. The van der Waals surface area contributed by atoms with E-state index in [0.29, 0.717) is 5.92 Å². The zero-order chi connectivity index (χ0) is 12.5. The van der Waals surface area contributed by atoms with Gasteiger partial charge in [0.1, 0.15) is 11.4 Å². The second-order valence-electron chi connectivity index (χ2n) is 5.49. The Kier molecular flexibility index (Phi) is 3.09. The zero-order valence-corrected chi connectivity index (χ0v) is 10.5. The predicted molar refractivity (Wildman–Crippen MR) is 63.7 cm³/mol. The number of hydrogen-bond acceptors (Lipinski definition) is 3. The van der Waals surface area contributed by atoms with E-state index in [-0.39, 0.29) is 12.1 Å². The van der Waals surface area contributed by atoms with Crippen molar-refractivity contribution in [3.05, 3.63) is 18.2 Å². The fourth-order valence-electron chi connectivity index (χ4n) is 1.93. The highest BCUT2D eigenvalue weighted by atomic mass is 16.6. The molecule has 0 atom stereocenters. The van der Waals surface area contributed by atoms with Crippen molar-refractivity contribution in [2.75, 3.05) is 0 Å². The molecule has 2 rings (SSSR count). The van der Waals surface area contributed by atoms with E-state index in [2.05, 4.69) is 15.3 Å². The lowest BCUT2D eigenvalue weighted by Crippen LogP contribution is -2.45. The van der Waals surface area contributed by atoms with Gasteiger partial charge in [-0.25, -0.2) is 9.78 Å². The Balaban J connectivity index is 1.72. The van der Waals surface area contributed by atoms with Crippen molar-refractivity contribution in [2.24, 2.45) is 0 Å². The number of imidazole rings is 1. The summed E-state index contributed by atoms with van der Waals surface area (Å²) in [5.74, 6) is 1.44. The van der Waals surface area contributed by atoms with Crippen LogP contribution in [0.1, 0.15) is 45.4 Å². The van der Waals surface area contributed by atoms with Gasteiger partial charge in [-0.2, -0.15) is 0 Å². The molecule has 0 aromatic carbocycles. The molecule has 0 radical (unpaired) electrons. The predicted octanol–water partition coefficient (Wildman–Crippen LogP) is 2.18. The molecule has 1 aromatic heterocycles. The molecule has 0 bridgehead atoms. The Morgan fingerprint density at radius 2 is 2.24 bits per heavy atom. The number of hydrogen-bond donors (Lipinski definition) is 2. The minimum atomic E-state index is -0.436. The van der Waals surface area contributed by atoms with Gasteiger partial charge in [0.25, 0.3) is 0 Å². The van der Waals surface area contributed by atoms with Crippen molar-refractivity contribution >= 4 is 6.09 Å². The van der Waals surface area contributed by atoms with E-state index in [0.717, 1.165) is 18.7 Å². The number of rotatable bonds is 2. The first-order valence-corrected chi connectivity index (χ1v) is 5.93. The third-order valence-corrected chi connectivity index (χ3v) is 2.77. The Bertz CT molecular complexity index is 375. The molecular weight excluding hydrogens is 218 g/mol. The van der Waals surface area contributed by atoms with E-state index < -0.39 is 5.60 Å². The number of nitrogens with one attached hydrogen (secondary N) is 2. The summed E-state index contributed by atoms with van der Waals surface area (Å²) in [7, 11) is 0. The number of carbonyl (C=O) groups is 1. The second kappa shape index (κ2) is 4.39. The number of amides is 1. The smallest absolute Gasteiger partial charge is 0.407 e. The van der Waals surface area contributed by atoms with Gasteiger partial charge in [0, 0.05) is 24.4 Å². The average molecular weight is 237 g/mol. The minimum absolute atomic E-state index is 0.208. The van der Waals surface area contributed by atoms with Gasteiger partial charge in [0.15, 0.2) is 0 Å². The van der Waals surface area contributed by atoms with Crippen LogP contribution < -0.4 is 5.32 Å². The van der Waals surface area contributed by atoms with Gasteiger partial charge in [-0.3, -0.25) is 0 Å². The molecule has 2 N–H and O–H groups in total. The average Bonchev–Trinajstić information content (AvgIpc) is 2.59. The summed E-state index contributed by atoms with van der Waals surface area (Å²) in [5, 5.41) is 2.86. The summed E-state index contributed by atoms with van der Waals surface area (Å²) >= 11 is 0. The summed E-state index contributed by atoms with van der Waals surface area (Å²) < 4.78 is 5.20. The van der Waals surface area contributed by atoms with Crippen LogP contribution >= 0.6 is 0 Å². The Morgan fingerprint density at radius 1 is 1.53 bits per heavy atom. The molecule has 94 valence electrons. The molecule has 1 aromatic rings. The summed E-state index contributed by atoms with van der Waals surface area (Å²) in [6.07, 6.45) is 5.09. The molecule has 0 aliphatic heterocycles. The van der Waals surface area contributed by atoms with Crippen molar-refractivity contribution in [2.45, 2.75) is 51.2 Å². The number of carbonyl (C=O) groups excluding carboxylic acids is 1. The monoisotopic (exact) mass is 237 g/mol. The van der Waals surface area contributed by atoms with Crippen molar-refractivity contribution < 1.29 is 9.53 Å². The lowest BCUT2D eigenvalue weighted by molar-refractivity contribution is 0.0470. The number of nitrogens with zero attached hydrogens (tertiary/aromatic N) is 1. The number of H-pyrrole nitrogens is 1. The molecule has 1 fully saturated rings. The van der Waals surface area contributed by atoms with Crippen LogP contribution in [-0.2, 0) is 4.74 Å². The van der Waals surface area contributed by atoms with Gasteiger partial charge >= 0.3 is 6.09 Å². The number of ether oxygens (including phenoxy) is 1. The van der Waals surface area contributed by atoms with Crippen molar-refractivity contribution in [1.82, 2.24) is 15.3 Å². The summed E-state index contributed by atoms with van der Waals surface area (Å²) in [4.78, 5) is 18.8. The fourth-order valence-corrected chi connectivity index (χ4v) is 1.93. The van der Waals surface area contributed by atoms with E-state index >= 15 is 0 Å². The lowest BCUT2D eigenvalue weighted by atomic mass is 9.80. The van der Waals surface area contributed by atoms with Crippen LogP contribution in [0.5, 0.6) is 0 Å². The van der Waals surface area contributed by atoms with Gasteiger partial charge in [-0.05, 0) is 33.6 Å². The first kappa shape index (κ1) is 12.0. The maximum absolute atomic E-state index is 11.5. The van der Waals surface area contributed by atoms with Gasteiger partial charge < -0.3 is 15.0 Å². The highest BCUT2D eigenvalue weighted by molar-refractivity contribution is 5.68. The van der Waals surface area contributed by atoms with Crippen molar-refractivity contribution in [1.29, 1.82) is 0 Å². The molecule has 0 spiro atoms. The molecule has 0 unspecified atom stereocenters. The zero-order valence-electron chi connectivity index (χ0n) is 10.5. The number of alkyl carbamates (subject to hydrolysis) is 1. The lowest BCUT2D eigenvalue weighted by Gasteiger charge is -2.34. The third-order valence-electron chi connectivity index (χ3n) is 2.77. The van der Waals surface area contributed by atoms with E-state index in [4.69, 9.17) is 4.74 Å². The molecule has 1 heterocycles. The van der Waals surface area contributed by atoms with E-state index in [1.807, 2.05) is 27.0 Å². The number of aromatic amines is 1. The Hall–Kier alpha value is -1.52. The van der Waals surface area contributed by atoms with Crippen LogP contribution in [0.15, 0.2) is 12.4 Å². The van der Waals surface area contributed by atoms with Gasteiger partial charge in [-0.15, -0.1) is 0 Å². The third kappa shape index (κ3) is 3.22. The molecule has 5 heteroatoms. The maximum Gasteiger partial charge on any atom is 0.407 e. The van der Waals surface area contributed by atoms with Crippen molar-refractivity contribution in [3.8, 4) is 0 Å². The van der Waals surface area contributed by atoms with E-state index in [1.165, 1.54) is 0 Å². The SMILES string of the molecule is CC(C)(C)OC(=O)NC1CC(c2ncc[nH]2)C1. The molecule has 1 aliphatic carbocycles. The van der Waals surface area contributed by atoms with Crippen LogP contribution in [0, 0.1) is 0 Å². The summed E-state index contributed by atoms with van der Waals surface area (Å²) in [6, 6.07) is 0.208. The normalized spacial score (nSPS) is 23.9. The highest BCUT2D eigenvalue weighted by Crippen LogP contribution is 2.34. The molecule has 1 aliphatic rings. The van der Waals surface area contributed by atoms with Crippen molar-refractivity contribution in [3.63, 3.8) is 0 Å². The summed E-state index contributed by atoms with van der Waals surface area (Å²) in [5.41, 5.74) is -0.436. The molecular formula is C12H19N3O2. The quantitative estimate of drug-likeness (QED) is 0.828. The molecule has 5 nitrogen and oxygen atoms in total. The maximum atomic E-state index is 11.5. The largest absolute Gasteiger partial charge is 0.444 e. The van der Waals surface area contributed by atoms with E-state index in [1.54, 1.807) is 6.20 Å². The summed E-state index contributed by atoms with van der Waals surface area (Å²) in [6.45, 7) is 5.58. The van der Waals surface area contributed by atoms with Gasteiger partial charge in [-0.1, -0.05) is 0 Å². The van der Waals surface area contributed by atoms with Crippen LogP contribution in [0.3, 0.4) is 0 Å². The minimum Gasteiger partial charge on any atom is -0.444 e. The molecule has 1 amide bonds. The fraction of sp³-hybridized carbons (Fsp3) is 0.667. The van der Waals surface area contributed by atoms with Crippen LogP contribution in [0.2, 0.25) is 0 Å². The highest BCUT2D eigenvalue weighted by Gasteiger charge is 2.33. The van der Waals surface area contributed by atoms with Crippen LogP contribution in [-0.4, -0.2) is 27.7 Å². The van der Waals surface area contributed by atoms with E-state index in [9.17, 15) is 4.79 Å². The van der Waals surface area contributed by atoms with Gasteiger partial charge in [0.05, 0.1) is 0 Å². The first-order chi connectivity index (χ1) is 7.94. The first-order valence-electron chi connectivity index (χ1n) is 5.93. The standard InChI is InChI=1S/C12H19N3O2/c1-12(2,3)17-11(16)15-9-6-8(7-9)10-13-4-5-14-10/h4-5,8-9H,6-7H2,1-3H3,(H,13,14)(H,15,16). The molecule has 0 saturated heterocycles. The topological polar surface area (TPSA) is 67.0 Å². The Morgan fingerprint density at radius 3 is 2.76 bits per heavy atom. The van der Waals surface area contributed by atoms with Crippen LogP contribution in [0.25, 0.3) is 0 Å². The molecule has 17 heavy (non-hydrogen) atoms. The number of aromatic nitrogens is 2.